The van der Waals surface area contributed by atoms with E-state index >= 15 is 0 Å². The molecule has 100 valence electrons. The van der Waals surface area contributed by atoms with Crippen LogP contribution in [0.4, 0.5) is 0 Å². The molecule has 0 atom stereocenters. The fraction of sp³-hybridized carbons (Fsp3) is 0.750. The van der Waals surface area contributed by atoms with Gasteiger partial charge in [0.25, 0.3) is 5.91 Å². The maximum atomic E-state index is 12.0. The van der Waals surface area contributed by atoms with E-state index < -0.39 is 0 Å². The van der Waals surface area contributed by atoms with Gasteiger partial charge in [-0.05, 0) is 0 Å². The molecule has 3 aliphatic heterocycles. The first-order valence-electron chi connectivity index (χ1n) is 6.53. The van der Waals surface area contributed by atoms with Crippen LogP contribution >= 0.6 is 0 Å². The highest BCUT2D eigenvalue weighted by molar-refractivity contribution is 5.92. The number of rotatable bonds is 2. The second kappa shape index (κ2) is 5.16. The van der Waals surface area contributed by atoms with Crippen molar-refractivity contribution < 1.29 is 14.3 Å². The highest BCUT2D eigenvalue weighted by Crippen LogP contribution is 2.19. The van der Waals surface area contributed by atoms with Crippen molar-refractivity contribution in [3.63, 3.8) is 0 Å². The van der Waals surface area contributed by atoms with Crippen LogP contribution in [0.25, 0.3) is 0 Å². The number of carbonyl (C=O) groups is 1. The largest absolute Gasteiger partial charge is 0.494 e. The first-order valence-corrected chi connectivity index (χ1v) is 6.53. The van der Waals surface area contributed by atoms with Gasteiger partial charge < -0.3 is 19.7 Å². The SMILES string of the molecule is O=C(C1=COCCO1)N1CC(N2CCNCC2)C1. The van der Waals surface area contributed by atoms with Crippen LogP contribution in [0.1, 0.15) is 0 Å². The van der Waals surface area contributed by atoms with Gasteiger partial charge in [0.1, 0.15) is 19.5 Å². The maximum absolute atomic E-state index is 12.0. The topological polar surface area (TPSA) is 54.0 Å². The van der Waals surface area contributed by atoms with E-state index in [1.807, 2.05) is 4.90 Å². The van der Waals surface area contributed by atoms with Gasteiger partial charge in [-0.2, -0.15) is 0 Å². The molecule has 1 amide bonds. The smallest absolute Gasteiger partial charge is 0.292 e. The summed E-state index contributed by atoms with van der Waals surface area (Å²) in [7, 11) is 0. The molecule has 0 saturated carbocycles. The van der Waals surface area contributed by atoms with Gasteiger partial charge >= 0.3 is 0 Å². The lowest BCUT2D eigenvalue weighted by atomic mass is 10.1. The number of likely N-dealkylation sites (tertiary alicyclic amines) is 1. The fourth-order valence-corrected chi connectivity index (χ4v) is 2.54. The predicted octanol–water partition coefficient (Wildman–Crippen LogP) is -1.01. The number of nitrogens with one attached hydrogen (secondary N) is 1. The molecule has 2 saturated heterocycles. The van der Waals surface area contributed by atoms with Crippen LogP contribution < -0.4 is 5.32 Å². The van der Waals surface area contributed by atoms with Gasteiger partial charge in [-0.1, -0.05) is 0 Å². The van der Waals surface area contributed by atoms with Gasteiger partial charge in [-0.15, -0.1) is 0 Å². The second-order valence-electron chi connectivity index (χ2n) is 4.85. The molecule has 18 heavy (non-hydrogen) atoms. The van der Waals surface area contributed by atoms with Gasteiger partial charge in [0.05, 0.1) is 0 Å². The molecule has 3 rings (SSSR count). The monoisotopic (exact) mass is 253 g/mol. The minimum Gasteiger partial charge on any atom is -0.494 e. The molecule has 3 aliphatic rings. The Kier molecular flexibility index (Phi) is 3.38. The van der Waals surface area contributed by atoms with Crippen molar-refractivity contribution in [2.24, 2.45) is 0 Å². The molecule has 0 aromatic heterocycles. The summed E-state index contributed by atoms with van der Waals surface area (Å²) in [6.07, 6.45) is 1.43. The van der Waals surface area contributed by atoms with Crippen molar-refractivity contribution in [1.82, 2.24) is 15.1 Å². The molecule has 0 unspecified atom stereocenters. The molecular formula is C12H19N3O3. The number of hydrogen-bond donors (Lipinski definition) is 1. The third-order valence-corrected chi connectivity index (χ3v) is 3.68. The number of piperazine rings is 1. The van der Waals surface area contributed by atoms with Crippen LogP contribution in [0.5, 0.6) is 0 Å². The third-order valence-electron chi connectivity index (χ3n) is 3.68. The van der Waals surface area contributed by atoms with Crippen molar-refractivity contribution >= 4 is 5.91 Å². The lowest BCUT2D eigenvalue weighted by Crippen LogP contribution is -2.64. The molecule has 0 aliphatic carbocycles. The van der Waals surface area contributed by atoms with Crippen molar-refractivity contribution in [2.45, 2.75) is 6.04 Å². The number of amides is 1. The van der Waals surface area contributed by atoms with Crippen molar-refractivity contribution in [2.75, 3.05) is 52.5 Å². The minimum absolute atomic E-state index is 0.0407. The summed E-state index contributed by atoms with van der Waals surface area (Å²) in [5, 5.41) is 3.34. The quantitative estimate of drug-likeness (QED) is 0.683. The van der Waals surface area contributed by atoms with E-state index in [1.165, 1.54) is 6.26 Å². The summed E-state index contributed by atoms with van der Waals surface area (Å²) in [5.74, 6) is 0.307. The number of carbonyl (C=O) groups excluding carboxylic acids is 1. The van der Waals surface area contributed by atoms with Crippen LogP contribution in [0, 0.1) is 0 Å². The highest BCUT2D eigenvalue weighted by Gasteiger charge is 2.37. The van der Waals surface area contributed by atoms with E-state index in [2.05, 4.69) is 10.2 Å². The Morgan fingerprint density at radius 3 is 2.72 bits per heavy atom. The highest BCUT2D eigenvalue weighted by atomic mass is 16.6. The molecule has 1 N–H and O–H groups in total. The van der Waals surface area contributed by atoms with Crippen molar-refractivity contribution in [1.29, 1.82) is 0 Å². The summed E-state index contributed by atoms with van der Waals surface area (Å²) < 4.78 is 10.4. The summed E-state index contributed by atoms with van der Waals surface area (Å²) in [5.41, 5.74) is 0. The van der Waals surface area contributed by atoms with Gasteiger partial charge in [-0.3, -0.25) is 9.69 Å². The predicted molar refractivity (Wildman–Crippen MR) is 64.8 cm³/mol. The van der Waals surface area contributed by atoms with E-state index in [0.29, 0.717) is 25.0 Å². The molecule has 0 bridgehead atoms. The summed E-state index contributed by atoms with van der Waals surface area (Å²) in [6.45, 7) is 6.86. The van der Waals surface area contributed by atoms with Crippen LogP contribution in [0.3, 0.4) is 0 Å². The zero-order chi connectivity index (χ0) is 12.4. The molecule has 0 radical (unpaired) electrons. The van der Waals surface area contributed by atoms with Crippen LogP contribution in [-0.2, 0) is 14.3 Å². The molecule has 0 spiro atoms. The molecule has 3 heterocycles. The Labute approximate surface area is 107 Å². The van der Waals surface area contributed by atoms with Gasteiger partial charge in [-0.25, -0.2) is 0 Å². The molecule has 0 aromatic rings. The second-order valence-corrected chi connectivity index (χ2v) is 4.85. The van der Waals surface area contributed by atoms with Crippen molar-refractivity contribution in [3.05, 3.63) is 12.0 Å². The van der Waals surface area contributed by atoms with E-state index in [9.17, 15) is 4.79 Å². The minimum atomic E-state index is -0.0407. The van der Waals surface area contributed by atoms with E-state index in [0.717, 1.165) is 39.3 Å². The van der Waals surface area contributed by atoms with Gasteiger partial charge in [0.2, 0.25) is 5.76 Å². The average molecular weight is 253 g/mol. The van der Waals surface area contributed by atoms with Gasteiger partial charge in [0.15, 0.2) is 0 Å². The molecule has 6 nitrogen and oxygen atoms in total. The Balaban J connectivity index is 1.49. The first-order chi connectivity index (χ1) is 8.84. The Morgan fingerprint density at radius 1 is 1.28 bits per heavy atom. The normalized spacial score (nSPS) is 25.8. The third kappa shape index (κ3) is 2.30. The van der Waals surface area contributed by atoms with E-state index in [1.54, 1.807) is 0 Å². The van der Waals surface area contributed by atoms with Crippen molar-refractivity contribution in [3.8, 4) is 0 Å². The first kappa shape index (κ1) is 11.8. The summed E-state index contributed by atoms with van der Waals surface area (Å²) in [4.78, 5) is 16.3. The average Bonchev–Trinajstić information content (AvgIpc) is 2.39. The molecule has 6 heteroatoms. The fourth-order valence-electron chi connectivity index (χ4n) is 2.54. The number of hydrogen-bond acceptors (Lipinski definition) is 5. The molecule has 0 aromatic carbocycles. The Bertz CT molecular complexity index is 346. The van der Waals surface area contributed by atoms with Crippen LogP contribution in [0.15, 0.2) is 12.0 Å². The molecule has 2 fully saturated rings. The zero-order valence-corrected chi connectivity index (χ0v) is 10.4. The Hall–Kier alpha value is -1.27. The van der Waals surface area contributed by atoms with Crippen LogP contribution in [-0.4, -0.2) is 74.2 Å². The lowest BCUT2D eigenvalue weighted by molar-refractivity contribution is -0.139. The number of nitrogens with zero attached hydrogens (tertiary/aromatic N) is 2. The lowest BCUT2D eigenvalue weighted by Gasteiger charge is -2.46. The standard InChI is InChI=1S/C12H19N3O3/c16-12(11-9-17-5-6-18-11)15-7-10(8-15)14-3-1-13-2-4-14/h9-10,13H,1-8H2. The van der Waals surface area contributed by atoms with Gasteiger partial charge in [0, 0.05) is 45.3 Å². The van der Waals surface area contributed by atoms with E-state index in [4.69, 9.17) is 9.47 Å². The Morgan fingerprint density at radius 2 is 2.06 bits per heavy atom. The maximum Gasteiger partial charge on any atom is 0.292 e. The summed E-state index contributed by atoms with van der Waals surface area (Å²) in [6, 6.07) is 0.515. The number of ether oxygens (including phenoxy) is 2. The van der Waals surface area contributed by atoms with Crippen LogP contribution in [0.2, 0.25) is 0 Å². The van der Waals surface area contributed by atoms with E-state index in [-0.39, 0.29) is 5.91 Å². The zero-order valence-electron chi connectivity index (χ0n) is 10.4. The molecular weight excluding hydrogens is 234 g/mol. The summed E-state index contributed by atoms with van der Waals surface area (Å²) >= 11 is 0.